The molecule has 0 N–H and O–H groups in total. The Morgan fingerprint density at radius 2 is 1.75 bits per heavy atom. The van der Waals surface area contributed by atoms with E-state index in [0.29, 0.717) is 5.54 Å². The molecule has 1 heteroatoms. The Hall–Kier alpha value is -0.0400. The van der Waals surface area contributed by atoms with Crippen molar-refractivity contribution >= 4 is 0 Å². The Balaban J connectivity index is 1.97. The van der Waals surface area contributed by atoms with Gasteiger partial charge >= 0.3 is 0 Å². The molecule has 2 aliphatic rings. The van der Waals surface area contributed by atoms with Crippen LogP contribution in [0.1, 0.15) is 46.5 Å². The molecular formula is C11H21N. The monoisotopic (exact) mass is 167 g/mol. The summed E-state index contributed by atoms with van der Waals surface area (Å²) < 4.78 is 0. The normalized spacial score (nSPS) is 37.2. The van der Waals surface area contributed by atoms with Gasteiger partial charge in [-0.3, -0.25) is 4.90 Å². The van der Waals surface area contributed by atoms with Crippen LogP contribution in [0, 0.1) is 5.92 Å². The van der Waals surface area contributed by atoms with Gasteiger partial charge in [0.15, 0.2) is 0 Å². The quantitative estimate of drug-likeness (QED) is 0.536. The first-order chi connectivity index (χ1) is 5.59. The fourth-order valence-electron chi connectivity index (χ4n) is 2.83. The smallest absolute Gasteiger partial charge is 0.0141 e. The summed E-state index contributed by atoms with van der Waals surface area (Å²) in [5.74, 6) is 1.05. The van der Waals surface area contributed by atoms with Gasteiger partial charge < -0.3 is 0 Å². The maximum absolute atomic E-state index is 2.69. The third-order valence-corrected chi connectivity index (χ3v) is 3.56. The third-order valence-electron chi connectivity index (χ3n) is 3.56. The second-order valence-corrected chi connectivity index (χ2v) is 5.44. The number of nitrogens with zero attached hydrogens (tertiary/aromatic N) is 1. The lowest BCUT2D eigenvalue weighted by Crippen LogP contribution is -2.63. The molecule has 0 aromatic heterocycles. The molecule has 2 rings (SSSR count). The summed E-state index contributed by atoms with van der Waals surface area (Å²) in [6, 6.07) is 0.943. The summed E-state index contributed by atoms with van der Waals surface area (Å²) in [6.07, 6.45) is 5.91. The first kappa shape index (κ1) is 8.55. The number of fused-ring (bicyclic) bond motifs is 1. The van der Waals surface area contributed by atoms with E-state index < -0.39 is 0 Å². The predicted octanol–water partition coefficient (Wildman–Crippen LogP) is 2.66. The number of likely N-dealkylation sites (tertiary alicyclic amines) is 1. The van der Waals surface area contributed by atoms with Crippen molar-refractivity contribution in [3.05, 3.63) is 0 Å². The molecule has 0 bridgehead atoms. The van der Waals surface area contributed by atoms with Gasteiger partial charge in [0.2, 0.25) is 0 Å². The van der Waals surface area contributed by atoms with Crippen LogP contribution in [0.2, 0.25) is 0 Å². The van der Waals surface area contributed by atoms with Gasteiger partial charge in [-0.15, -0.1) is 0 Å². The Kier molecular flexibility index (Phi) is 1.95. The van der Waals surface area contributed by atoms with Gasteiger partial charge in [-0.2, -0.15) is 0 Å². The minimum Gasteiger partial charge on any atom is -0.295 e. The molecule has 1 aliphatic heterocycles. The van der Waals surface area contributed by atoms with Crippen LogP contribution < -0.4 is 0 Å². The van der Waals surface area contributed by atoms with Crippen molar-refractivity contribution in [1.82, 2.24) is 4.90 Å². The van der Waals surface area contributed by atoms with Gasteiger partial charge in [-0.1, -0.05) is 12.8 Å². The van der Waals surface area contributed by atoms with Crippen LogP contribution in [0.5, 0.6) is 0 Å². The first-order valence-electron chi connectivity index (χ1n) is 5.36. The fourth-order valence-corrected chi connectivity index (χ4v) is 2.83. The molecule has 1 saturated heterocycles. The van der Waals surface area contributed by atoms with E-state index in [2.05, 4.69) is 25.7 Å². The average Bonchev–Trinajstić information content (AvgIpc) is 1.88. The predicted molar refractivity (Wildman–Crippen MR) is 52.2 cm³/mol. The van der Waals surface area contributed by atoms with E-state index in [1.54, 1.807) is 0 Å². The molecule has 1 saturated carbocycles. The van der Waals surface area contributed by atoms with Crippen LogP contribution in [0.25, 0.3) is 0 Å². The number of hydrogen-bond donors (Lipinski definition) is 0. The lowest BCUT2D eigenvalue weighted by Gasteiger charge is -2.57. The van der Waals surface area contributed by atoms with E-state index in [9.17, 15) is 0 Å². The molecule has 1 heterocycles. The molecule has 12 heavy (non-hydrogen) atoms. The zero-order chi connectivity index (χ0) is 8.77. The van der Waals surface area contributed by atoms with Crippen molar-refractivity contribution in [2.45, 2.75) is 58.0 Å². The van der Waals surface area contributed by atoms with Crippen LogP contribution >= 0.6 is 0 Å². The minimum absolute atomic E-state index is 0.415. The van der Waals surface area contributed by atoms with Crippen molar-refractivity contribution < 1.29 is 0 Å². The molecule has 0 radical (unpaired) electrons. The Labute approximate surface area is 76.1 Å². The van der Waals surface area contributed by atoms with E-state index in [1.165, 1.54) is 32.2 Å². The zero-order valence-corrected chi connectivity index (χ0v) is 8.64. The Morgan fingerprint density at radius 1 is 1.08 bits per heavy atom. The third kappa shape index (κ3) is 1.28. The lowest BCUT2D eigenvalue weighted by atomic mass is 9.74. The van der Waals surface area contributed by atoms with Gasteiger partial charge in [-0.25, -0.2) is 0 Å². The molecule has 0 aromatic carbocycles. The minimum atomic E-state index is 0.415. The van der Waals surface area contributed by atoms with Crippen LogP contribution in [0.4, 0.5) is 0 Å². The lowest BCUT2D eigenvalue weighted by molar-refractivity contribution is -0.0745. The van der Waals surface area contributed by atoms with Crippen LogP contribution in [0.15, 0.2) is 0 Å². The van der Waals surface area contributed by atoms with Crippen molar-refractivity contribution in [3.63, 3.8) is 0 Å². The van der Waals surface area contributed by atoms with E-state index in [-0.39, 0.29) is 0 Å². The van der Waals surface area contributed by atoms with Crippen LogP contribution in [-0.2, 0) is 0 Å². The van der Waals surface area contributed by atoms with E-state index in [0.717, 1.165) is 12.0 Å². The van der Waals surface area contributed by atoms with Gasteiger partial charge in [0.1, 0.15) is 0 Å². The van der Waals surface area contributed by atoms with E-state index >= 15 is 0 Å². The van der Waals surface area contributed by atoms with E-state index in [1.807, 2.05) is 0 Å². The highest BCUT2D eigenvalue weighted by Gasteiger charge is 2.44. The van der Waals surface area contributed by atoms with E-state index in [4.69, 9.17) is 0 Å². The van der Waals surface area contributed by atoms with Gasteiger partial charge in [0.05, 0.1) is 0 Å². The SMILES string of the molecule is CC(C)(C)N1C[C@H]2CCCC[C@@H]21. The molecule has 0 aromatic rings. The van der Waals surface area contributed by atoms with Crippen molar-refractivity contribution in [2.75, 3.05) is 6.54 Å². The summed E-state index contributed by atoms with van der Waals surface area (Å²) in [5.41, 5.74) is 0.415. The zero-order valence-electron chi connectivity index (χ0n) is 8.64. The number of hydrogen-bond acceptors (Lipinski definition) is 1. The molecule has 1 nitrogen and oxygen atoms in total. The van der Waals surface area contributed by atoms with Crippen molar-refractivity contribution in [2.24, 2.45) is 5.92 Å². The number of rotatable bonds is 0. The van der Waals surface area contributed by atoms with Gasteiger partial charge in [-0.05, 0) is 39.5 Å². The maximum Gasteiger partial charge on any atom is 0.0141 e. The second-order valence-electron chi connectivity index (χ2n) is 5.44. The highest BCUT2D eigenvalue weighted by atomic mass is 15.3. The molecule has 2 fully saturated rings. The van der Waals surface area contributed by atoms with Gasteiger partial charge in [0.25, 0.3) is 0 Å². The summed E-state index contributed by atoms with van der Waals surface area (Å²) in [5, 5.41) is 0. The molecule has 0 unspecified atom stereocenters. The standard InChI is InChI=1S/C11H21N/c1-11(2,3)12-8-9-6-4-5-7-10(9)12/h9-10H,4-8H2,1-3H3/t9-,10+/m1/s1. The Morgan fingerprint density at radius 3 is 2.33 bits per heavy atom. The topological polar surface area (TPSA) is 3.24 Å². The molecule has 2 atom stereocenters. The molecule has 1 aliphatic carbocycles. The summed E-state index contributed by atoms with van der Waals surface area (Å²) in [6.45, 7) is 8.40. The molecule has 0 spiro atoms. The van der Waals surface area contributed by atoms with Crippen LogP contribution in [-0.4, -0.2) is 23.0 Å². The van der Waals surface area contributed by atoms with Crippen molar-refractivity contribution in [1.29, 1.82) is 0 Å². The molecule has 70 valence electrons. The Bertz CT molecular complexity index is 168. The second kappa shape index (κ2) is 2.73. The maximum atomic E-state index is 2.69. The molecular weight excluding hydrogens is 146 g/mol. The first-order valence-corrected chi connectivity index (χ1v) is 5.36. The van der Waals surface area contributed by atoms with Crippen LogP contribution in [0.3, 0.4) is 0 Å². The largest absolute Gasteiger partial charge is 0.295 e. The van der Waals surface area contributed by atoms with Gasteiger partial charge in [0, 0.05) is 18.1 Å². The highest BCUT2D eigenvalue weighted by molar-refractivity contribution is 4.99. The summed E-state index contributed by atoms with van der Waals surface area (Å²) >= 11 is 0. The molecule has 0 amide bonds. The summed E-state index contributed by atoms with van der Waals surface area (Å²) in [7, 11) is 0. The van der Waals surface area contributed by atoms with Crippen molar-refractivity contribution in [3.8, 4) is 0 Å². The average molecular weight is 167 g/mol. The fraction of sp³-hybridized carbons (Fsp3) is 1.00. The summed E-state index contributed by atoms with van der Waals surface area (Å²) in [4.78, 5) is 2.69. The highest BCUT2D eigenvalue weighted by Crippen LogP contribution is 2.40.